The van der Waals surface area contributed by atoms with E-state index in [1.54, 1.807) is 12.1 Å². The van der Waals surface area contributed by atoms with E-state index in [9.17, 15) is 13.2 Å². The van der Waals surface area contributed by atoms with Gasteiger partial charge in [-0.2, -0.15) is 13.2 Å². The molecule has 1 rings (SSSR count). The van der Waals surface area contributed by atoms with Crippen molar-refractivity contribution in [2.45, 2.75) is 50.7 Å². The van der Waals surface area contributed by atoms with Gasteiger partial charge in [-0.1, -0.05) is 26.8 Å². The number of benzene rings is 1. The highest BCUT2D eigenvalue weighted by molar-refractivity contribution is 7.99. The van der Waals surface area contributed by atoms with E-state index in [1.807, 2.05) is 20.8 Å². The van der Waals surface area contributed by atoms with E-state index in [1.165, 1.54) is 17.8 Å². The molecule has 0 amide bonds. The molecule has 114 valence electrons. The summed E-state index contributed by atoms with van der Waals surface area (Å²) in [5.41, 5.74) is 5.53. The maximum Gasteiger partial charge on any atom is 0.416 e. The summed E-state index contributed by atoms with van der Waals surface area (Å²) < 4.78 is 39.4. The Balaban J connectivity index is 3.01. The standard InChI is InChI=1S/C15H22F3NS/c1-4-12(19)7-11-5-6-13(20-9-10(2)3)8-14(11)15(16,17)18/h5-6,8,10,12H,4,7,9,19H2,1-3H3. The summed E-state index contributed by atoms with van der Waals surface area (Å²) in [7, 11) is 0. The predicted octanol–water partition coefficient (Wildman–Crippen LogP) is 4.73. The minimum atomic E-state index is -4.32. The lowest BCUT2D eigenvalue weighted by atomic mass is 9.99. The van der Waals surface area contributed by atoms with Crippen LogP contribution in [0.15, 0.2) is 23.1 Å². The van der Waals surface area contributed by atoms with Gasteiger partial charge in [-0.25, -0.2) is 0 Å². The van der Waals surface area contributed by atoms with E-state index in [0.29, 0.717) is 22.8 Å². The molecule has 1 aromatic rings. The first kappa shape index (κ1) is 17.4. The van der Waals surface area contributed by atoms with Gasteiger partial charge in [0.25, 0.3) is 0 Å². The maximum atomic E-state index is 13.1. The number of thioether (sulfide) groups is 1. The molecule has 0 fully saturated rings. The predicted molar refractivity (Wildman–Crippen MR) is 79.0 cm³/mol. The molecule has 0 aromatic heterocycles. The molecule has 0 aliphatic heterocycles. The van der Waals surface area contributed by atoms with Crippen LogP contribution in [0.25, 0.3) is 0 Å². The fraction of sp³-hybridized carbons (Fsp3) is 0.600. The van der Waals surface area contributed by atoms with Crippen LogP contribution in [-0.2, 0) is 12.6 Å². The smallest absolute Gasteiger partial charge is 0.327 e. The molecular weight excluding hydrogens is 283 g/mol. The zero-order chi connectivity index (χ0) is 15.3. The van der Waals surface area contributed by atoms with Crippen LogP contribution < -0.4 is 5.73 Å². The Morgan fingerprint density at radius 1 is 1.25 bits per heavy atom. The first-order chi connectivity index (χ1) is 9.24. The Morgan fingerprint density at radius 2 is 1.90 bits per heavy atom. The third kappa shape index (κ3) is 5.37. The molecule has 20 heavy (non-hydrogen) atoms. The highest BCUT2D eigenvalue weighted by Crippen LogP contribution is 2.35. The van der Waals surface area contributed by atoms with Gasteiger partial charge in [0.2, 0.25) is 0 Å². The Morgan fingerprint density at radius 3 is 2.40 bits per heavy atom. The molecule has 0 heterocycles. The molecule has 5 heteroatoms. The number of halogens is 3. The summed E-state index contributed by atoms with van der Waals surface area (Å²) in [5.74, 6) is 1.26. The molecule has 0 saturated carbocycles. The van der Waals surface area contributed by atoms with Crippen molar-refractivity contribution >= 4 is 11.8 Å². The second-order valence-corrected chi connectivity index (χ2v) is 6.49. The quantitative estimate of drug-likeness (QED) is 0.769. The molecule has 0 saturated heterocycles. The van der Waals surface area contributed by atoms with E-state index in [2.05, 4.69) is 0 Å². The van der Waals surface area contributed by atoms with E-state index in [0.717, 1.165) is 5.75 Å². The Labute approximate surface area is 123 Å². The van der Waals surface area contributed by atoms with Crippen LogP contribution in [-0.4, -0.2) is 11.8 Å². The van der Waals surface area contributed by atoms with Crippen molar-refractivity contribution in [2.75, 3.05) is 5.75 Å². The van der Waals surface area contributed by atoms with Crippen molar-refractivity contribution in [3.8, 4) is 0 Å². The third-order valence-corrected chi connectivity index (χ3v) is 4.40. The average molecular weight is 305 g/mol. The average Bonchev–Trinajstić information content (AvgIpc) is 2.36. The van der Waals surface area contributed by atoms with Gasteiger partial charge in [-0.05, 0) is 36.5 Å². The van der Waals surface area contributed by atoms with E-state index in [-0.39, 0.29) is 12.5 Å². The van der Waals surface area contributed by atoms with Crippen LogP contribution in [0.3, 0.4) is 0 Å². The zero-order valence-electron chi connectivity index (χ0n) is 12.1. The Bertz CT molecular complexity index is 430. The molecule has 0 aliphatic rings. The largest absolute Gasteiger partial charge is 0.416 e. The topological polar surface area (TPSA) is 26.0 Å². The fourth-order valence-corrected chi connectivity index (χ4v) is 2.67. The number of hydrogen-bond acceptors (Lipinski definition) is 2. The fourth-order valence-electron chi connectivity index (χ4n) is 1.78. The van der Waals surface area contributed by atoms with Crippen LogP contribution in [0.5, 0.6) is 0 Å². The molecule has 1 atom stereocenters. The van der Waals surface area contributed by atoms with Gasteiger partial charge in [0.05, 0.1) is 5.56 Å². The maximum absolute atomic E-state index is 13.1. The minimum absolute atomic E-state index is 0.231. The monoisotopic (exact) mass is 305 g/mol. The molecule has 1 nitrogen and oxygen atoms in total. The van der Waals surface area contributed by atoms with Gasteiger partial charge in [-0.15, -0.1) is 11.8 Å². The molecule has 0 bridgehead atoms. The van der Waals surface area contributed by atoms with Crippen LogP contribution in [0.1, 0.15) is 38.3 Å². The van der Waals surface area contributed by atoms with Gasteiger partial charge in [-0.3, -0.25) is 0 Å². The number of alkyl halides is 3. The van der Waals surface area contributed by atoms with Crippen molar-refractivity contribution in [3.63, 3.8) is 0 Å². The van der Waals surface area contributed by atoms with Crippen molar-refractivity contribution in [1.29, 1.82) is 0 Å². The molecular formula is C15H22F3NS. The van der Waals surface area contributed by atoms with Gasteiger partial charge >= 0.3 is 6.18 Å². The SMILES string of the molecule is CCC(N)Cc1ccc(SCC(C)C)cc1C(F)(F)F. The van der Waals surface area contributed by atoms with E-state index < -0.39 is 11.7 Å². The third-order valence-electron chi connectivity index (χ3n) is 2.98. The molecule has 0 aliphatic carbocycles. The summed E-state index contributed by atoms with van der Waals surface area (Å²) in [6.45, 7) is 5.98. The number of nitrogens with two attached hydrogens (primary N) is 1. The summed E-state index contributed by atoms with van der Waals surface area (Å²) >= 11 is 1.46. The van der Waals surface area contributed by atoms with Gasteiger partial charge < -0.3 is 5.73 Å². The Hall–Kier alpha value is -0.680. The van der Waals surface area contributed by atoms with Crippen molar-refractivity contribution in [2.24, 2.45) is 11.7 Å². The van der Waals surface area contributed by atoms with Crippen LogP contribution in [0.4, 0.5) is 13.2 Å². The second-order valence-electron chi connectivity index (χ2n) is 5.39. The van der Waals surface area contributed by atoms with Gasteiger partial charge in [0.15, 0.2) is 0 Å². The van der Waals surface area contributed by atoms with Gasteiger partial charge in [0, 0.05) is 16.7 Å². The number of hydrogen-bond donors (Lipinski definition) is 1. The van der Waals surface area contributed by atoms with E-state index in [4.69, 9.17) is 5.73 Å². The summed E-state index contributed by atoms with van der Waals surface area (Å²) in [5, 5.41) is 0. The lowest BCUT2D eigenvalue weighted by Gasteiger charge is -2.17. The lowest BCUT2D eigenvalue weighted by Crippen LogP contribution is -2.23. The Kier molecular flexibility index (Phi) is 6.40. The minimum Gasteiger partial charge on any atom is -0.327 e. The summed E-state index contributed by atoms with van der Waals surface area (Å²) in [6.07, 6.45) is -3.39. The van der Waals surface area contributed by atoms with Crippen molar-refractivity contribution in [1.82, 2.24) is 0 Å². The zero-order valence-corrected chi connectivity index (χ0v) is 12.9. The van der Waals surface area contributed by atoms with Crippen molar-refractivity contribution < 1.29 is 13.2 Å². The molecule has 1 unspecified atom stereocenters. The van der Waals surface area contributed by atoms with E-state index >= 15 is 0 Å². The molecule has 0 radical (unpaired) electrons. The summed E-state index contributed by atoms with van der Waals surface area (Å²) in [4.78, 5) is 0.667. The molecule has 1 aromatic carbocycles. The highest BCUT2D eigenvalue weighted by Gasteiger charge is 2.33. The number of rotatable bonds is 6. The van der Waals surface area contributed by atoms with Crippen LogP contribution >= 0.6 is 11.8 Å². The van der Waals surface area contributed by atoms with Crippen LogP contribution in [0.2, 0.25) is 0 Å². The first-order valence-corrected chi connectivity index (χ1v) is 7.81. The van der Waals surface area contributed by atoms with Crippen LogP contribution in [0, 0.1) is 5.92 Å². The molecule has 0 spiro atoms. The highest BCUT2D eigenvalue weighted by atomic mass is 32.2. The van der Waals surface area contributed by atoms with Gasteiger partial charge in [0.1, 0.15) is 0 Å². The first-order valence-electron chi connectivity index (χ1n) is 6.82. The molecule has 2 N–H and O–H groups in total. The normalized spacial score (nSPS) is 13.8. The second kappa shape index (κ2) is 7.36. The lowest BCUT2D eigenvalue weighted by molar-refractivity contribution is -0.138. The van der Waals surface area contributed by atoms with Crippen molar-refractivity contribution in [3.05, 3.63) is 29.3 Å². The summed E-state index contributed by atoms with van der Waals surface area (Å²) in [6, 6.07) is 4.36.